The fraction of sp³-hybridized carbons (Fsp3) is 0.185. The van der Waals surface area contributed by atoms with Gasteiger partial charge in [0.2, 0.25) is 0 Å². The Bertz CT molecular complexity index is 1560. The number of hydrogen-bond acceptors (Lipinski definition) is 10. The highest BCUT2D eigenvalue weighted by Crippen LogP contribution is 2.31. The van der Waals surface area contributed by atoms with Gasteiger partial charge in [0.1, 0.15) is 15.6 Å². The Balaban J connectivity index is 1.46. The Morgan fingerprint density at radius 1 is 1.00 bits per heavy atom. The lowest BCUT2D eigenvalue weighted by atomic mass is 10.2. The van der Waals surface area contributed by atoms with Gasteiger partial charge in [-0.05, 0) is 63.2 Å². The van der Waals surface area contributed by atoms with Gasteiger partial charge in [-0.1, -0.05) is 29.0 Å². The minimum Gasteiger partial charge on any atom is -0.465 e. The van der Waals surface area contributed by atoms with E-state index in [-0.39, 0.29) is 43.7 Å². The molecular formula is C27H23ClN4O7S. The van der Waals surface area contributed by atoms with Gasteiger partial charge < -0.3 is 14.8 Å². The van der Waals surface area contributed by atoms with E-state index < -0.39 is 29.7 Å². The second-order valence-corrected chi connectivity index (χ2v) is 10.1. The average molecular weight is 583 g/mol. The Hall–Kier alpha value is -4.55. The van der Waals surface area contributed by atoms with E-state index in [0.29, 0.717) is 11.4 Å². The average Bonchev–Trinajstić information content (AvgIpc) is 3.39. The number of aromatic nitrogens is 1. The molecule has 11 nitrogen and oxygen atoms in total. The lowest BCUT2D eigenvalue weighted by Gasteiger charge is -2.16. The molecule has 0 spiro atoms. The number of carbonyl (C=O) groups excluding carboxylic acids is 5. The quantitative estimate of drug-likeness (QED) is 0.290. The van der Waals surface area contributed by atoms with E-state index >= 15 is 0 Å². The van der Waals surface area contributed by atoms with Crippen LogP contribution in [0.3, 0.4) is 0 Å². The van der Waals surface area contributed by atoms with Crippen molar-refractivity contribution in [1.82, 2.24) is 4.98 Å². The summed E-state index contributed by atoms with van der Waals surface area (Å²) in [5, 5.41) is 5.36. The van der Waals surface area contributed by atoms with Crippen molar-refractivity contribution in [3.05, 3.63) is 81.0 Å². The summed E-state index contributed by atoms with van der Waals surface area (Å²) >= 11 is 7.21. The zero-order valence-electron chi connectivity index (χ0n) is 21.7. The van der Waals surface area contributed by atoms with Gasteiger partial charge in [-0.25, -0.2) is 19.5 Å². The molecule has 0 unspecified atom stereocenters. The van der Waals surface area contributed by atoms with Crippen LogP contribution in [0.4, 0.5) is 16.5 Å². The summed E-state index contributed by atoms with van der Waals surface area (Å²) < 4.78 is 9.88. The van der Waals surface area contributed by atoms with Crippen LogP contribution in [0.2, 0.25) is 0 Å². The molecule has 4 rings (SSSR count). The van der Waals surface area contributed by atoms with E-state index in [9.17, 15) is 24.0 Å². The molecule has 3 amide bonds. The Morgan fingerprint density at radius 3 is 2.35 bits per heavy atom. The van der Waals surface area contributed by atoms with E-state index in [1.807, 2.05) is 0 Å². The van der Waals surface area contributed by atoms with Gasteiger partial charge in [-0.2, -0.15) is 0 Å². The van der Waals surface area contributed by atoms with Gasteiger partial charge in [-0.3, -0.25) is 19.7 Å². The van der Waals surface area contributed by atoms with Crippen LogP contribution in [0.15, 0.2) is 59.3 Å². The van der Waals surface area contributed by atoms with Gasteiger partial charge in [0.25, 0.3) is 17.7 Å². The summed E-state index contributed by atoms with van der Waals surface area (Å²) in [5.41, 5.74) is 1.27. The van der Waals surface area contributed by atoms with Gasteiger partial charge in [-0.15, -0.1) is 0 Å². The van der Waals surface area contributed by atoms with Crippen LogP contribution in [-0.2, 0) is 19.1 Å². The fourth-order valence-electron chi connectivity index (χ4n) is 3.65. The molecule has 2 N–H and O–H groups in total. The van der Waals surface area contributed by atoms with Gasteiger partial charge >= 0.3 is 11.9 Å². The number of imide groups is 1. The summed E-state index contributed by atoms with van der Waals surface area (Å²) in [6.07, 6.45) is -0.341. The molecular weight excluding hydrogens is 560 g/mol. The molecule has 1 aliphatic heterocycles. The summed E-state index contributed by atoms with van der Waals surface area (Å²) in [6, 6.07) is 12.0. The molecule has 0 bridgehead atoms. The molecule has 0 radical (unpaired) electrons. The van der Waals surface area contributed by atoms with Crippen molar-refractivity contribution in [3.8, 4) is 0 Å². The molecule has 0 saturated carbocycles. The number of aryl methyl sites for hydroxylation is 1. The largest absolute Gasteiger partial charge is 0.465 e. The monoisotopic (exact) mass is 582 g/mol. The van der Waals surface area contributed by atoms with E-state index in [0.717, 1.165) is 16.2 Å². The molecule has 0 aliphatic carbocycles. The highest BCUT2D eigenvalue weighted by atomic mass is 35.5. The van der Waals surface area contributed by atoms with Crippen LogP contribution in [0.5, 0.6) is 0 Å². The first kappa shape index (κ1) is 28.5. The lowest BCUT2D eigenvalue weighted by Crippen LogP contribution is -2.32. The maximum absolute atomic E-state index is 13.1. The first-order chi connectivity index (χ1) is 19.0. The second-order valence-electron chi connectivity index (χ2n) is 8.72. The zero-order valence-corrected chi connectivity index (χ0v) is 23.3. The van der Waals surface area contributed by atoms with E-state index in [4.69, 9.17) is 21.1 Å². The van der Waals surface area contributed by atoms with E-state index in [1.54, 1.807) is 20.8 Å². The number of anilines is 3. The highest BCUT2D eigenvalue weighted by Gasteiger charge is 2.39. The highest BCUT2D eigenvalue weighted by molar-refractivity contribution is 7.17. The normalized spacial score (nSPS) is 13.1. The van der Waals surface area contributed by atoms with Crippen LogP contribution in [0, 0.1) is 6.92 Å². The van der Waals surface area contributed by atoms with Crippen molar-refractivity contribution in [2.45, 2.75) is 26.9 Å². The van der Waals surface area contributed by atoms with Gasteiger partial charge in [0, 0.05) is 11.3 Å². The summed E-state index contributed by atoms with van der Waals surface area (Å²) in [4.78, 5) is 68.0. The third-order valence-corrected chi connectivity index (χ3v) is 6.92. The van der Waals surface area contributed by atoms with Crippen molar-refractivity contribution < 1.29 is 33.4 Å². The minimum atomic E-state index is -0.760. The van der Waals surface area contributed by atoms with Crippen molar-refractivity contribution in [3.63, 3.8) is 0 Å². The van der Waals surface area contributed by atoms with Crippen molar-refractivity contribution in [1.29, 1.82) is 0 Å². The maximum Gasteiger partial charge on any atom is 0.350 e. The predicted molar refractivity (Wildman–Crippen MR) is 149 cm³/mol. The van der Waals surface area contributed by atoms with Gasteiger partial charge in [0.05, 0.1) is 30.2 Å². The molecule has 1 aromatic heterocycles. The predicted octanol–water partition coefficient (Wildman–Crippen LogP) is 4.49. The molecule has 0 fully saturated rings. The van der Waals surface area contributed by atoms with Crippen LogP contribution in [-0.4, -0.2) is 47.9 Å². The second kappa shape index (κ2) is 11.7. The number of benzene rings is 2. The summed E-state index contributed by atoms with van der Waals surface area (Å²) in [7, 11) is 1.26. The summed E-state index contributed by atoms with van der Waals surface area (Å²) in [6.45, 7) is 5.05. The first-order valence-corrected chi connectivity index (χ1v) is 13.0. The van der Waals surface area contributed by atoms with Crippen LogP contribution < -0.4 is 15.5 Å². The molecule has 3 aromatic rings. The number of carbonyl (C=O) groups is 5. The Kier molecular flexibility index (Phi) is 8.31. The maximum atomic E-state index is 13.1. The van der Waals surface area contributed by atoms with Crippen LogP contribution in [0.1, 0.15) is 49.9 Å². The third kappa shape index (κ3) is 5.87. The molecule has 40 heavy (non-hydrogen) atoms. The van der Waals surface area contributed by atoms with Crippen molar-refractivity contribution >= 4 is 69.1 Å². The summed E-state index contributed by atoms with van der Waals surface area (Å²) in [5.74, 6) is -3.08. The molecule has 2 aromatic carbocycles. The minimum absolute atomic E-state index is 0.156. The first-order valence-electron chi connectivity index (χ1n) is 11.8. The fourth-order valence-corrected chi connectivity index (χ4v) is 4.74. The Morgan fingerprint density at radius 2 is 1.70 bits per heavy atom. The number of thiazole rings is 1. The van der Waals surface area contributed by atoms with Crippen LogP contribution in [0.25, 0.3) is 0 Å². The number of nitrogens with one attached hydrogen (secondary N) is 2. The molecule has 206 valence electrons. The molecule has 0 saturated heterocycles. The number of halogens is 1. The zero-order chi connectivity index (χ0) is 29.1. The lowest BCUT2D eigenvalue weighted by molar-refractivity contribution is -0.120. The molecule has 1 aliphatic rings. The molecule has 13 heteroatoms. The van der Waals surface area contributed by atoms with E-state index in [2.05, 4.69) is 15.6 Å². The standard InChI is InChI=1S/C27H23ClN4O7S/c1-13(2)39-25(36)16-6-5-7-18(12-16)32-23(34)19(28)20(24(32)35)30-17-10-8-15(9-11-17)22(33)31-27-29-14(3)21(40-27)26(37)38-4/h5-13,30H,1-4H3,(H,29,31,33). The van der Waals surface area contributed by atoms with Crippen molar-refractivity contribution in [2.75, 3.05) is 22.6 Å². The number of rotatable bonds is 8. The number of hydrogen-bond donors (Lipinski definition) is 2. The smallest absolute Gasteiger partial charge is 0.350 e. The SMILES string of the molecule is COC(=O)c1sc(NC(=O)c2ccc(NC3=C(Cl)C(=O)N(c4cccc(C(=O)OC(C)C)c4)C3=O)cc2)nc1C. The van der Waals surface area contributed by atoms with E-state index in [1.165, 1.54) is 55.6 Å². The number of amides is 3. The topological polar surface area (TPSA) is 144 Å². The Labute approximate surface area is 237 Å². The number of esters is 2. The number of methoxy groups -OCH3 is 1. The van der Waals surface area contributed by atoms with Gasteiger partial charge in [0.15, 0.2) is 5.13 Å². The molecule has 0 atom stereocenters. The van der Waals surface area contributed by atoms with Crippen molar-refractivity contribution in [2.24, 2.45) is 0 Å². The third-order valence-electron chi connectivity index (χ3n) is 5.51. The van der Waals surface area contributed by atoms with Crippen LogP contribution >= 0.6 is 22.9 Å². The number of ether oxygens (including phenoxy) is 2. The number of nitrogens with zero attached hydrogens (tertiary/aromatic N) is 2. The molecule has 2 heterocycles.